The molecule has 1 aromatic rings. The molecule has 118 valence electrons. The largest absolute Gasteiger partial charge is 0.497 e. The molecule has 0 aliphatic carbocycles. The highest BCUT2D eigenvalue weighted by Crippen LogP contribution is 2.23. The van der Waals surface area contributed by atoms with Crippen LogP contribution in [0.3, 0.4) is 0 Å². The Kier molecular flexibility index (Phi) is 4.32. The molecule has 0 spiro atoms. The lowest BCUT2D eigenvalue weighted by molar-refractivity contribution is -0.145. The molecule has 22 heavy (non-hydrogen) atoms. The van der Waals surface area contributed by atoms with Crippen LogP contribution in [0.4, 0.5) is 0 Å². The van der Waals surface area contributed by atoms with Crippen molar-refractivity contribution in [3.63, 3.8) is 0 Å². The number of rotatable bonds is 3. The fraction of sp³-hybridized carbons (Fsp3) is 0.529. The van der Waals surface area contributed by atoms with Crippen LogP contribution in [0.25, 0.3) is 0 Å². The molecule has 1 fully saturated rings. The first kappa shape index (κ1) is 14.9. The van der Waals surface area contributed by atoms with Gasteiger partial charge in [0.25, 0.3) is 5.91 Å². The topological polar surface area (TPSA) is 51.1 Å². The van der Waals surface area contributed by atoms with Gasteiger partial charge in [0.1, 0.15) is 5.75 Å². The lowest BCUT2D eigenvalue weighted by Crippen LogP contribution is -2.47. The molecule has 2 heterocycles. The van der Waals surface area contributed by atoms with Gasteiger partial charge in [-0.15, -0.1) is 0 Å². The molecule has 0 saturated carbocycles. The predicted molar refractivity (Wildman–Crippen MR) is 84.0 cm³/mol. The van der Waals surface area contributed by atoms with Crippen molar-refractivity contribution in [2.24, 2.45) is 5.16 Å². The third kappa shape index (κ3) is 2.93. The van der Waals surface area contributed by atoms with Crippen molar-refractivity contribution in [1.29, 1.82) is 0 Å². The van der Waals surface area contributed by atoms with E-state index in [0.29, 0.717) is 12.5 Å². The van der Waals surface area contributed by atoms with Crippen molar-refractivity contribution < 1.29 is 14.4 Å². The Bertz CT molecular complexity index is 568. The van der Waals surface area contributed by atoms with Crippen LogP contribution in [0, 0.1) is 0 Å². The summed E-state index contributed by atoms with van der Waals surface area (Å²) >= 11 is 0. The van der Waals surface area contributed by atoms with E-state index in [9.17, 15) is 4.79 Å². The first-order valence-electron chi connectivity index (χ1n) is 7.86. The van der Waals surface area contributed by atoms with E-state index in [1.165, 1.54) is 6.42 Å². The fourth-order valence-electron chi connectivity index (χ4n) is 3.07. The van der Waals surface area contributed by atoms with Gasteiger partial charge in [0.2, 0.25) is 6.10 Å². The summed E-state index contributed by atoms with van der Waals surface area (Å²) in [6, 6.07) is 7.96. The smallest absolute Gasteiger partial charge is 0.267 e. The molecule has 2 aliphatic rings. The standard InChI is InChI=1S/C17H22N2O3/c1-12-5-3-4-10-19(12)17(20)16-11-15(18-22-16)13-6-8-14(21-2)9-7-13/h6-9,12,16H,3-5,10-11H2,1-2H3/t12-,16-/m1/s1. The number of likely N-dealkylation sites (tertiary alicyclic amines) is 1. The Morgan fingerprint density at radius 1 is 1.32 bits per heavy atom. The molecular weight excluding hydrogens is 280 g/mol. The summed E-state index contributed by atoms with van der Waals surface area (Å²) in [5.74, 6) is 0.873. The number of carbonyl (C=O) groups is 1. The summed E-state index contributed by atoms with van der Waals surface area (Å²) < 4.78 is 5.15. The lowest BCUT2D eigenvalue weighted by Gasteiger charge is -2.34. The maximum atomic E-state index is 12.6. The van der Waals surface area contributed by atoms with Crippen molar-refractivity contribution >= 4 is 11.6 Å². The summed E-state index contributed by atoms with van der Waals surface area (Å²) in [6.45, 7) is 2.94. The molecule has 2 atom stereocenters. The second kappa shape index (κ2) is 6.38. The molecule has 0 unspecified atom stereocenters. The predicted octanol–water partition coefficient (Wildman–Crippen LogP) is 2.59. The first-order valence-corrected chi connectivity index (χ1v) is 7.86. The van der Waals surface area contributed by atoms with Gasteiger partial charge >= 0.3 is 0 Å². The average Bonchev–Trinajstić information content (AvgIpc) is 3.05. The molecule has 0 aromatic heterocycles. The number of hydrogen-bond acceptors (Lipinski definition) is 4. The second-order valence-electron chi connectivity index (χ2n) is 5.94. The van der Waals surface area contributed by atoms with Gasteiger partial charge in [0.05, 0.1) is 12.8 Å². The Labute approximate surface area is 130 Å². The molecule has 1 aromatic carbocycles. The number of carbonyl (C=O) groups excluding carboxylic acids is 1. The summed E-state index contributed by atoms with van der Waals surface area (Å²) in [5, 5.41) is 4.11. The Hall–Kier alpha value is -2.04. The molecule has 0 N–H and O–H groups in total. The summed E-state index contributed by atoms with van der Waals surface area (Å²) in [6.07, 6.45) is 3.41. The minimum atomic E-state index is -0.474. The normalized spacial score (nSPS) is 24.6. The molecule has 3 rings (SSSR count). The highest BCUT2D eigenvalue weighted by Gasteiger charge is 2.35. The van der Waals surface area contributed by atoms with E-state index in [4.69, 9.17) is 9.57 Å². The van der Waals surface area contributed by atoms with Gasteiger partial charge in [-0.1, -0.05) is 5.16 Å². The van der Waals surface area contributed by atoms with Crippen molar-refractivity contribution in [3.05, 3.63) is 29.8 Å². The number of benzene rings is 1. The van der Waals surface area contributed by atoms with Crippen LogP contribution in [-0.2, 0) is 9.63 Å². The molecule has 1 amide bonds. The van der Waals surface area contributed by atoms with Crippen molar-refractivity contribution in [3.8, 4) is 5.75 Å². The van der Waals surface area contributed by atoms with Crippen LogP contribution in [0.15, 0.2) is 29.4 Å². The zero-order valence-electron chi connectivity index (χ0n) is 13.1. The Balaban J connectivity index is 1.64. The van der Waals surface area contributed by atoms with Gasteiger partial charge in [-0.25, -0.2) is 0 Å². The molecule has 0 radical (unpaired) electrons. The van der Waals surface area contributed by atoms with Crippen molar-refractivity contribution in [1.82, 2.24) is 4.90 Å². The Morgan fingerprint density at radius 3 is 2.77 bits per heavy atom. The number of ether oxygens (including phenoxy) is 1. The van der Waals surface area contributed by atoms with Crippen molar-refractivity contribution in [2.75, 3.05) is 13.7 Å². The maximum Gasteiger partial charge on any atom is 0.267 e. The van der Waals surface area contributed by atoms with E-state index < -0.39 is 6.10 Å². The van der Waals surface area contributed by atoms with Crippen LogP contribution in [0.2, 0.25) is 0 Å². The van der Waals surface area contributed by atoms with Crippen molar-refractivity contribution in [2.45, 2.75) is 44.8 Å². The fourth-order valence-corrected chi connectivity index (χ4v) is 3.07. The minimum absolute atomic E-state index is 0.0689. The third-order valence-electron chi connectivity index (χ3n) is 4.45. The van der Waals surface area contributed by atoms with Gasteiger partial charge in [-0.05, 0) is 56.0 Å². The van der Waals surface area contributed by atoms with Gasteiger partial charge in [0.15, 0.2) is 0 Å². The summed E-state index contributed by atoms with van der Waals surface area (Å²) in [5.41, 5.74) is 1.80. The van der Waals surface area contributed by atoms with E-state index in [0.717, 1.165) is 36.4 Å². The second-order valence-corrected chi connectivity index (χ2v) is 5.94. The van der Waals surface area contributed by atoms with Gasteiger partial charge in [-0.2, -0.15) is 0 Å². The van der Waals surface area contributed by atoms with Crippen LogP contribution >= 0.6 is 0 Å². The number of methoxy groups -OCH3 is 1. The molecule has 5 nitrogen and oxygen atoms in total. The van der Waals surface area contributed by atoms with Crippen LogP contribution < -0.4 is 4.74 Å². The van der Waals surface area contributed by atoms with Crippen LogP contribution in [-0.4, -0.2) is 42.3 Å². The number of piperidine rings is 1. The maximum absolute atomic E-state index is 12.6. The average molecular weight is 302 g/mol. The highest BCUT2D eigenvalue weighted by molar-refractivity contribution is 6.04. The SMILES string of the molecule is COc1ccc(C2=NO[C@@H](C(=O)N3CCCC[C@H]3C)C2)cc1. The monoisotopic (exact) mass is 302 g/mol. The van der Waals surface area contributed by atoms with E-state index in [1.54, 1.807) is 7.11 Å². The van der Waals surface area contributed by atoms with Gasteiger partial charge in [-0.3, -0.25) is 4.79 Å². The van der Waals surface area contributed by atoms with Crippen LogP contribution in [0.5, 0.6) is 5.75 Å². The highest BCUT2D eigenvalue weighted by atomic mass is 16.6. The van der Waals surface area contributed by atoms with E-state index in [1.807, 2.05) is 29.2 Å². The van der Waals surface area contributed by atoms with Crippen LogP contribution in [0.1, 0.15) is 38.2 Å². The van der Waals surface area contributed by atoms with Gasteiger partial charge in [0, 0.05) is 19.0 Å². The van der Waals surface area contributed by atoms with E-state index >= 15 is 0 Å². The minimum Gasteiger partial charge on any atom is -0.497 e. The molecule has 1 saturated heterocycles. The number of nitrogens with zero attached hydrogens (tertiary/aromatic N) is 2. The summed E-state index contributed by atoms with van der Waals surface area (Å²) in [7, 11) is 1.64. The molecule has 5 heteroatoms. The number of amides is 1. The first-order chi connectivity index (χ1) is 10.7. The number of hydrogen-bond donors (Lipinski definition) is 0. The zero-order valence-corrected chi connectivity index (χ0v) is 13.1. The van der Waals surface area contributed by atoms with E-state index in [2.05, 4.69) is 12.1 Å². The quantitative estimate of drug-likeness (QED) is 0.862. The van der Waals surface area contributed by atoms with Gasteiger partial charge < -0.3 is 14.5 Å². The number of oxime groups is 1. The van der Waals surface area contributed by atoms with E-state index in [-0.39, 0.29) is 5.91 Å². The lowest BCUT2D eigenvalue weighted by atomic mass is 10.0. The zero-order chi connectivity index (χ0) is 15.5. The third-order valence-corrected chi connectivity index (χ3v) is 4.45. The summed E-state index contributed by atoms with van der Waals surface area (Å²) in [4.78, 5) is 19.9. The molecule has 2 aliphatic heterocycles. The molecule has 0 bridgehead atoms. The Morgan fingerprint density at radius 2 is 2.09 bits per heavy atom. The molecular formula is C17H22N2O3.